The van der Waals surface area contributed by atoms with Gasteiger partial charge in [0.15, 0.2) is 0 Å². The smallest absolute Gasteiger partial charge is 0.0412 e. The maximum absolute atomic E-state index is 3.57. The number of benzene rings is 1. The average Bonchev–Trinajstić information content (AvgIpc) is 2.18. The molecule has 1 aliphatic heterocycles. The van der Waals surface area contributed by atoms with E-state index in [0.29, 0.717) is 6.04 Å². The predicted molar refractivity (Wildman–Crippen MR) is 64.0 cm³/mol. The number of nitrogens with one attached hydrogen (secondary N) is 1. The average molecular weight is 207 g/mol. The Labute approximate surface area is 90.3 Å². The van der Waals surface area contributed by atoms with Crippen molar-refractivity contribution >= 4 is 11.8 Å². The molecule has 1 saturated heterocycles. The second-order valence-electron chi connectivity index (χ2n) is 4.00. The summed E-state index contributed by atoms with van der Waals surface area (Å²) >= 11 is 2.05. The van der Waals surface area contributed by atoms with Crippen LogP contribution in [0, 0.1) is 13.8 Å². The van der Waals surface area contributed by atoms with Gasteiger partial charge in [0, 0.05) is 24.1 Å². The summed E-state index contributed by atoms with van der Waals surface area (Å²) in [5.74, 6) is 2.46. The number of hydrogen-bond donors (Lipinski definition) is 1. The molecule has 0 aromatic heterocycles. The number of aryl methyl sites for hydroxylation is 2. The van der Waals surface area contributed by atoms with Gasteiger partial charge >= 0.3 is 0 Å². The van der Waals surface area contributed by atoms with Crippen molar-refractivity contribution in [2.75, 3.05) is 18.1 Å². The van der Waals surface area contributed by atoms with Crippen molar-refractivity contribution in [1.29, 1.82) is 0 Å². The van der Waals surface area contributed by atoms with Crippen LogP contribution in [0.15, 0.2) is 18.2 Å². The Morgan fingerprint density at radius 1 is 1.21 bits per heavy atom. The van der Waals surface area contributed by atoms with E-state index in [4.69, 9.17) is 0 Å². The van der Waals surface area contributed by atoms with Crippen LogP contribution in [0.25, 0.3) is 0 Å². The lowest BCUT2D eigenvalue weighted by Gasteiger charge is -2.24. The molecule has 1 fully saturated rings. The number of rotatable bonds is 1. The van der Waals surface area contributed by atoms with Gasteiger partial charge in [0.25, 0.3) is 0 Å². The topological polar surface area (TPSA) is 12.0 Å². The van der Waals surface area contributed by atoms with Gasteiger partial charge in [0.05, 0.1) is 0 Å². The van der Waals surface area contributed by atoms with Crippen LogP contribution in [0.4, 0.5) is 0 Å². The second kappa shape index (κ2) is 4.37. The zero-order chi connectivity index (χ0) is 9.97. The largest absolute Gasteiger partial charge is 0.308 e. The van der Waals surface area contributed by atoms with Crippen LogP contribution in [0.2, 0.25) is 0 Å². The molecule has 0 radical (unpaired) electrons. The van der Waals surface area contributed by atoms with Crippen molar-refractivity contribution in [3.8, 4) is 0 Å². The summed E-state index contributed by atoms with van der Waals surface area (Å²) in [6, 6.07) is 7.40. The Balaban J connectivity index is 2.21. The van der Waals surface area contributed by atoms with Crippen molar-refractivity contribution in [2.45, 2.75) is 19.9 Å². The molecule has 1 aromatic rings. The van der Waals surface area contributed by atoms with Crippen molar-refractivity contribution in [2.24, 2.45) is 0 Å². The first-order chi connectivity index (χ1) is 6.75. The monoisotopic (exact) mass is 207 g/mol. The van der Waals surface area contributed by atoms with Crippen molar-refractivity contribution in [3.63, 3.8) is 0 Å². The minimum Gasteiger partial charge on any atom is -0.308 e. The molecule has 1 aromatic carbocycles. The first-order valence-corrected chi connectivity index (χ1v) is 6.30. The van der Waals surface area contributed by atoms with Crippen LogP contribution in [0.3, 0.4) is 0 Å². The van der Waals surface area contributed by atoms with E-state index in [-0.39, 0.29) is 0 Å². The van der Waals surface area contributed by atoms with Gasteiger partial charge in [-0.3, -0.25) is 0 Å². The molecule has 14 heavy (non-hydrogen) atoms. The highest BCUT2D eigenvalue weighted by Gasteiger charge is 2.14. The van der Waals surface area contributed by atoms with E-state index >= 15 is 0 Å². The molecule has 1 aliphatic rings. The molecule has 1 atom stereocenters. The van der Waals surface area contributed by atoms with Crippen molar-refractivity contribution in [1.82, 2.24) is 5.32 Å². The van der Waals surface area contributed by atoms with Gasteiger partial charge in [-0.1, -0.05) is 29.3 Å². The summed E-state index contributed by atoms with van der Waals surface area (Å²) in [6.07, 6.45) is 0. The third kappa shape index (κ3) is 2.31. The van der Waals surface area contributed by atoms with Crippen molar-refractivity contribution in [3.05, 3.63) is 34.9 Å². The maximum Gasteiger partial charge on any atom is 0.0412 e. The van der Waals surface area contributed by atoms with Gasteiger partial charge in [-0.05, 0) is 19.4 Å². The molecule has 1 nitrogen and oxygen atoms in total. The summed E-state index contributed by atoms with van der Waals surface area (Å²) in [4.78, 5) is 0. The lowest BCUT2D eigenvalue weighted by Crippen LogP contribution is -2.30. The Hall–Kier alpha value is -0.470. The van der Waals surface area contributed by atoms with Gasteiger partial charge in [-0.2, -0.15) is 11.8 Å². The van der Waals surface area contributed by atoms with E-state index in [2.05, 4.69) is 37.4 Å². The molecule has 0 saturated carbocycles. The van der Waals surface area contributed by atoms with Gasteiger partial charge in [0.1, 0.15) is 0 Å². The zero-order valence-corrected chi connectivity index (χ0v) is 9.66. The molecule has 0 spiro atoms. The van der Waals surface area contributed by atoms with E-state index in [0.717, 1.165) is 6.54 Å². The SMILES string of the molecule is Cc1cc(C)cc(C2CSCCN2)c1. The predicted octanol–water partition coefficient (Wildman–Crippen LogP) is 2.68. The van der Waals surface area contributed by atoms with Crippen LogP contribution in [0.1, 0.15) is 22.7 Å². The maximum atomic E-state index is 3.57. The fourth-order valence-corrected chi connectivity index (χ4v) is 2.97. The molecule has 2 rings (SSSR count). The van der Waals surface area contributed by atoms with Crippen LogP contribution in [-0.2, 0) is 0 Å². The summed E-state index contributed by atoms with van der Waals surface area (Å²) < 4.78 is 0. The molecule has 0 aliphatic carbocycles. The Morgan fingerprint density at radius 3 is 2.50 bits per heavy atom. The van der Waals surface area contributed by atoms with Gasteiger partial charge in [-0.25, -0.2) is 0 Å². The molecule has 76 valence electrons. The highest BCUT2D eigenvalue weighted by Crippen LogP contribution is 2.23. The van der Waals surface area contributed by atoms with E-state index in [1.165, 1.54) is 28.2 Å². The molecule has 2 heteroatoms. The second-order valence-corrected chi connectivity index (χ2v) is 5.15. The van der Waals surface area contributed by atoms with Crippen LogP contribution in [-0.4, -0.2) is 18.1 Å². The zero-order valence-electron chi connectivity index (χ0n) is 8.84. The summed E-state index contributed by atoms with van der Waals surface area (Å²) in [5, 5.41) is 3.57. The third-order valence-corrected chi connectivity index (χ3v) is 3.63. The number of thioether (sulfide) groups is 1. The molecular formula is C12H17NS. The first-order valence-electron chi connectivity index (χ1n) is 5.15. The standard InChI is InChI=1S/C12H17NS/c1-9-5-10(2)7-11(6-9)12-8-14-4-3-13-12/h5-7,12-13H,3-4,8H2,1-2H3. The van der Waals surface area contributed by atoms with Gasteiger partial charge in [-0.15, -0.1) is 0 Å². The summed E-state index contributed by atoms with van der Waals surface area (Å²) in [6.45, 7) is 5.49. The van der Waals surface area contributed by atoms with Crippen LogP contribution >= 0.6 is 11.8 Å². The normalized spacial score (nSPS) is 22.3. The minimum atomic E-state index is 0.562. The molecule has 0 bridgehead atoms. The minimum absolute atomic E-state index is 0.562. The Bertz CT molecular complexity index is 296. The van der Waals surface area contributed by atoms with Gasteiger partial charge < -0.3 is 5.32 Å². The lowest BCUT2D eigenvalue weighted by atomic mass is 10.0. The highest BCUT2D eigenvalue weighted by molar-refractivity contribution is 7.99. The molecule has 1 unspecified atom stereocenters. The Kier molecular flexibility index (Phi) is 3.14. The van der Waals surface area contributed by atoms with Crippen LogP contribution in [0.5, 0.6) is 0 Å². The molecule has 1 heterocycles. The molecule has 0 amide bonds. The van der Waals surface area contributed by atoms with Crippen molar-refractivity contribution < 1.29 is 0 Å². The van der Waals surface area contributed by atoms with E-state index in [1.807, 2.05) is 11.8 Å². The van der Waals surface area contributed by atoms with E-state index in [1.54, 1.807) is 0 Å². The number of hydrogen-bond acceptors (Lipinski definition) is 2. The van der Waals surface area contributed by atoms with E-state index < -0.39 is 0 Å². The fourth-order valence-electron chi connectivity index (χ4n) is 1.99. The van der Waals surface area contributed by atoms with Crippen LogP contribution < -0.4 is 5.32 Å². The lowest BCUT2D eigenvalue weighted by molar-refractivity contribution is 0.594. The Morgan fingerprint density at radius 2 is 1.93 bits per heavy atom. The highest BCUT2D eigenvalue weighted by atomic mass is 32.2. The van der Waals surface area contributed by atoms with Gasteiger partial charge in [0.2, 0.25) is 0 Å². The summed E-state index contributed by atoms with van der Waals surface area (Å²) in [5.41, 5.74) is 4.20. The first kappa shape index (κ1) is 10.1. The molecular weight excluding hydrogens is 190 g/mol. The van der Waals surface area contributed by atoms with E-state index in [9.17, 15) is 0 Å². The fraction of sp³-hybridized carbons (Fsp3) is 0.500. The quantitative estimate of drug-likeness (QED) is 0.760. The summed E-state index contributed by atoms with van der Waals surface area (Å²) in [7, 11) is 0. The molecule has 1 N–H and O–H groups in total. The third-order valence-electron chi connectivity index (χ3n) is 2.57.